The van der Waals surface area contributed by atoms with Crippen LogP contribution in [0, 0.1) is 0 Å². The van der Waals surface area contributed by atoms with Crippen LogP contribution in [-0.4, -0.2) is 74.7 Å². The van der Waals surface area contributed by atoms with Gasteiger partial charge in [-0.05, 0) is 42.7 Å². The van der Waals surface area contributed by atoms with Crippen LogP contribution in [0.1, 0.15) is 10.4 Å². The van der Waals surface area contributed by atoms with Crippen LogP contribution in [0.4, 0.5) is 5.13 Å². The number of hydrogen-bond acceptors (Lipinski definition) is 8. The molecule has 33 heavy (non-hydrogen) atoms. The Kier molecular flexibility index (Phi) is 7.98. The minimum absolute atomic E-state index is 0. The van der Waals surface area contributed by atoms with Crippen LogP contribution < -0.4 is 14.4 Å². The molecule has 2 aliphatic heterocycles. The molecule has 1 aromatic heterocycles. The van der Waals surface area contributed by atoms with E-state index in [0.29, 0.717) is 42.0 Å². The van der Waals surface area contributed by atoms with Gasteiger partial charge in [-0.3, -0.25) is 14.6 Å². The van der Waals surface area contributed by atoms with Gasteiger partial charge in [-0.15, -0.1) is 24.2 Å². The fourth-order valence-corrected chi connectivity index (χ4v) is 5.36. The normalized spacial score (nSPS) is 15.8. The lowest BCUT2D eigenvalue weighted by molar-refractivity contribution is 0.0391. The first-order chi connectivity index (χ1) is 15.7. The second kappa shape index (κ2) is 10.9. The Morgan fingerprint density at radius 1 is 1.09 bits per heavy atom. The van der Waals surface area contributed by atoms with E-state index in [1.54, 1.807) is 40.1 Å². The molecular weight excluding hydrogens is 482 g/mol. The number of morpholine rings is 1. The molecule has 0 radical (unpaired) electrons. The summed E-state index contributed by atoms with van der Waals surface area (Å²) >= 11 is 3.26. The quantitative estimate of drug-likeness (QED) is 0.463. The van der Waals surface area contributed by atoms with Crippen LogP contribution in [0.3, 0.4) is 0 Å². The molecule has 0 atom stereocenters. The van der Waals surface area contributed by atoms with Crippen molar-refractivity contribution >= 4 is 56.8 Å². The van der Waals surface area contributed by atoms with Crippen LogP contribution in [0.5, 0.6) is 11.5 Å². The number of thioether (sulfide) groups is 1. The number of fused-ring (bicyclic) bond motifs is 2. The van der Waals surface area contributed by atoms with Gasteiger partial charge in [0.25, 0.3) is 5.91 Å². The van der Waals surface area contributed by atoms with Gasteiger partial charge < -0.3 is 14.2 Å². The minimum atomic E-state index is -0.0839. The molecular formula is C23H26ClN3O4S2. The van der Waals surface area contributed by atoms with Gasteiger partial charge in [-0.25, -0.2) is 4.98 Å². The number of benzene rings is 2. The number of carbonyl (C=O) groups excluding carboxylic acids is 1. The van der Waals surface area contributed by atoms with Crippen molar-refractivity contribution in [3.63, 3.8) is 0 Å². The second-order valence-electron chi connectivity index (χ2n) is 7.60. The number of thiazole rings is 1. The first-order valence-electron chi connectivity index (χ1n) is 10.7. The van der Waals surface area contributed by atoms with E-state index in [1.165, 1.54) is 4.90 Å². The Morgan fingerprint density at radius 3 is 2.67 bits per heavy atom. The van der Waals surface area contributed by atoms with Crippen molar-refractivity contribution in [2.75, 3.05) is 63.8 Å². The largest absolute Gasteiger partial charge is 0.486 e. The molecule has 0 saturated carbocycles. The van der Waals surface area contributed by atoms with Crippen LogP contribution in [0.2, 0.25) is 0 Å². The van der Waals surface area contributed by atoms with Crippen molar-refractivity contribution in [2.24, 2.45) is 0 Å². The Labute approximate surface area is 207 Å². The monoisotopic (exact) mass is 507 g/mol. The predicted octanol–water partition coefficient (Wildman–Crippen LogP) is 4.19. The number of rotatable bonds is 6. The van der Waals surface area contributed by atoms with Gasteiger partial charge in [0.2, 0.25) is 0 Å². The summed E-state index contributed by atoms with van der Waals surface area (Å²) in [6.45, 7) is 5.56. The van der Waals surface area contributed by atoms with Crippen LogP contribution in [0.15, 0.2) is 41.3 Å². The predicted molar refractivity (Wildman–Crippen MR) is 135 cm³/mol. The van der Waals surface area contributed by atoms with Gasteiger partial charge >= 0.3 is 0 Å². The Balaban J connectivity index is 0.00000259. The highest BCUT2D eigenvalue weighted by molar-refractivity contribution is 7.98. The van der Waals surface area contributed by atoms with Crippen LogP contribution >= 0.6 is 35.5 Å². The number of ether oxygens (including phenoxy) is 3. The van der Waals surface area contributed by atoms with Gasteiger partial charge in [0.15, 0.2) is 16.6 Å². The molecule has 0 unspecified atom stereocenters. The van der Waals surface area contributed by atoms with E-state index in [2.05, 4.69) is 23.3 Å². The zero-order chi connectivity index (χ0) is 21.9. The SMILES string of the molecule is CSc1ccc2nc(N(CCN3CCOCC3)C(=O)c3ccc4c(c3)OCCO4)sc2c1.Cl. The lowest BCUT2D eigenvalue weighted by atomic mass is 10.1. The van der Waals surface area contributed by atoms with E-state index in [4.69, 9.17) is 19.2 Å². The highest BCUT2D eigenvalue weighted by Gasteiger charge is 2.24. The molecule has 0 spiro atoms. The van der Waals surface area contributed by atoms with Crippen LogP contribution in [-0.2, 0) is 4.74 Å². The number of hydrogen-bond donors (Lipinski definition) is 0. The summed E-state index contributed by atoms with van der Waals surface area (Å²) in [5.74, 6) is 1.21. The fourth-order valence-electron chi connectivity index (χ4n) is 3.82. The third kappa shape index (κ3) is 5.38. The Hall–Kier alpha value is -2.04. The summed E-state index contributed by atoms with van der Waals surface area (Å²) in [4.78, 5) is 23.8. The van der Waals surface area contributed by atoms with Crippen molar-refractivity contribution in [1.29, 1.82) is 0 Å². The van der Waals surface area contributed by atoms with Gasteiger partial charge in [-0.1, -0.05) is 11.3 Å². The first-order valence-corrected chi connectivity index (χ1v) is 12.7. The maximum atomic E-state index is 13.7. The van der Waals surface area contributed by atoms with Gasteiger partial charge in [0.1, 0.15) is 13.2 Å². The van der Waals surface area contributed by atoms with E-state index >= 15 is 0 Å². The molecule has 176 valence electrons. The lowest BCUT2D eigenvalue weighted by Crippen LogP contribution is -2.43. The summed E-state index contributed by atoms with van der Waals surface area (Å²) in [6.07, 6.45) is 2.06. The number of anilines is 1. The van der Waals surface area contributed by atoms with Crippen LogP contribution in [0.25, 0.3) is 10.2 Å². The Morgan fingerprint density at radius 2 is 1.88 bits per heavy atom. The van der Waals surface area contributed by atoms with Crippen molar-refractivity contribution < 1.29 is 19.0 Å². The molecule has 3 aromatic rings. The van der Waals surface area contributed by atoms with Crippen molar-refractivity contribution in [3.05, 3.63) is 42.0 Å². The molecule has 5 rings (SSSR count). The zero-order valence-corrected chi connectivity index (χ0v) is 20.8. The summed E-state index contributed by atoms with van der Waals surface area (Å²) in [5, 5.41) is 0.714. The van der Waals surface area contributed by atoms with Crippen molar-refractivity contribution in [2.45, 2.75) is 4.90 Å². The number of carbonyl (C=O) groups is 1. The maximum absolute atomic E-state index is 13.7. The van der Waals surface area contributed by atoms with E-state index in [9.17, 15) is 4.79 Å². The van der Waals surface area contributed by atoms with E-state index in [0.717, 1.165) is 43.1 Å². The number of aromatic nitrogens is 1. The van der Waals surface area contributed by atoms with Crippen molar-refractivity contribution in [1.82, 2.24) is 9.88 Å². The average molecular weight is 508 g/mol. The fraction of sp³-hybridized carbons (Fsp3) is 0.391. The van der Waals surface area contributed by atoms with Crippen molar-refractivity contribution in [3.8, 4) is 11.5 Å². The highest BCUT2D eigenvalue weighted by Crippen LogP contribution is 2.34. The molecule has 0 N–H and O–H groups in total. The average Bonchev–Trinajstić information content (AvgIpc) is 3.27. The number of halogens is 1. The van der Waals surface area contributed by atoms with E-state index in [1.807, 2.05) is 12.1 Å². The molecule has 2 aliphatic rings. The lowest BCUT2D eigenvalue weighted by Gasteiger charge is -2.29. The number of nitrogens with zero attached hydrogens (tertiary/aromatic N) is 3. The van der Waals surface area contributed by atoms with E-state index in [-0.39, 0.29) is 18.3 Å². The third-order valence-corrected chi connectivity index (χ3v) is 7.36. The minimum Gasteiger partial charge on any atom is -0.486 e. The summed E-state index contributed by atoms with van der Waals surface area (Å²) < 4.78 is 17.9. The molecule has 7 nitrogen and oxygen atoms in total. The molecule has 10 heteroatoms. The second-order valence-corrected chi connectivity index (χ2v) is 9.49. The number of amides is 1. The molecule has 1 saturated heterocycles. The highest BCUT2D eigenvalue weighted by atomic mass is 35.5. The molecule has 1 amide bonds. The molecule has 1 fully saturated rings. The molecule has 0 aliphatic carbocycles. The topological polar surface area (TPSA) is 64.1 Å². The summed E-state index contributed by atoms with van der Waals surface area (Å²) in [6, 6.07) is 11.6. The summed E-state index contributed by atoms with van der Waals surface area (Å²) in [7, 11) is 0. The smallest absolute Gasteiger partial charge is 0.260 e. The van der Waals surface area contributed by atoms with Gasteiger partial charge in [0, 0.05) is 36.6 Å². The third-order valence-electron chi connectivity index (χ3n) is 5.59. The summed E-state index contributed by atoms with van der Waals surface area (Å²) in [5.41, 5.74) is 1.48. The standard InChI is InChI=1S/C23H25N3O4S2.ClH/c1-31-17-3-4-18-21(15-17)32-23(24-18)26(7-6-25-8-10-28-11-9-25)22(27)16-2-5-19-20(14-16)30-13-12-29-19;/h2-5,14-15H,6-13H2,1H3;1H. The first kappa shape index (κ1) is 24.1. The molecule has 3 heterocycles. The Bertz CT molecular complexity index is 1120. The zero-order valence-electron chi connectivity index (χ0n) is 18.3. The van der Waals surface area contributed by atoms with Gasteiger partial charge in [-0.2, -0.15) is 0 Å². The molecule has 2 aromatic carbocycles. The van der Waals surface area contributed by atoms with Gasteiger partial charge in [0.05, 0.1) is 23.4 Å². The maximum Gasteiger partial charge on any atom is 0.260 e. The molecule has 0 bridgehead atoms. The van der Waals surface area contributed by atoms with E-state index < -0.39 is 0 Å².